The lowest BCUT2D eigenvalue weighted by molar-refractivity contribution is 1.25. The summed E-state index contributed by atoms with van der Waals surface area (Å²) in [5.74, 6) is 0. The fourth-order valence-electron chi connectivity index (χ4n) is 8.65. The standard InChI is InChI=1S/C49H28N2S/c1-2-11-33-27-46-42(26-32(33)10-1)43-28-45(51-44-24-22-30-9-3-4-12-35(30)47(44)50-49(51)48(43)52-46)31-19-17-29(18-20-31)34-21-23-40-38-15-6-5-13-36(38)37-14-7-8-16-39(37)41(40)25-34/h1-28H. The van der Waals surface area contributed by atoms with Crippen LogP contribution in [-0.2, 0) is 0 Å². The molecule has 0 saturated heterocycles. The Bertz CT molecular complexity index is 3420. The maximum atomic E-state index is 5.44. The first-order valence-corrected chi connectivity index (χ1v) is 18.6. The summed E-state index contributed by atoms with van der Waals surface area (Å²) in [5.41, 5.74) is 7.93. The molecule has 12 rings (SSSR count). The lowest BCUT2D eigenvalue weighted by Gasteiger charge is -2.13. The van der Waals surface area contributed by atoms with Gasteiger partial charge in [0, 0.05) is 20.9 Å². The number of aromatic nitrogens is 2. The summed E-state index contributed by atoms with van der Waals surface area (Å²) in [6.07, 6.45) is 0. The number of thiophene rings is 1. The molecule has 3 heterocycles. The van der Waals surface area contributed by atoms with Gasteiger partial charge in [0.25, 0.3) is 0 Å². The number of fused-ring (bicyclic) bond motifs is 16. The highest BCUT2D eigenvalue weighted by Gasteiger charge is 2.19. The zero-order chi connectivity index (χ0) is 33.9. The third kappa shape index (κ3) is 3.91. The normalized spacial score (nSPS) is 12.2. The summed E-state index contributed by atoms with van der Waals surface area (Å²) >= 11 is 1.85. The van der Waals surface area contributed by atoms with E-state index >= 15 is 0 Å². The fraction of sp³-hybridized carbons (Fsp3) is 0. The van der Waals surface area contributed by atoms with Crippen LogP contribution in [-0.4, -0.2) is 9.38 Å². The van der Waals surface area contributed by atoms with Gasteiger partial charge >= 0.3 is 0 Å². The van der Waals surface area contributed by atoms with Gasteiger partial charge in [0.1, 0.15) is 0 Å². The Balaban J connectivity index is 1.09. The Morgan fingerprint density at radius 2 is 0.962 bits per heavy atom. The van der Waals surface area contributed by atoms with Gasteiger partial charge in [0.2, 0.25) is 0 Å². The van der Waals surface area contributed by atoms with Crippen molar-refractivity contribution in [3.05, 3.63) is 170 Å². The van der Waals surface area contributed by atoms with Gasteiger partial charge in [-0.2, -0.15) is 0 Å². The Kier molecular flexibility index (Phi) is 5.68. The molecule has 0 amide bonds. The van der Waals surface area contributed by atoms with Gasteiger partial charge in [0.05, 0.1) is 21.4 Å². The monoisotopic (exact) mass is 676 g/mol. The molecule has 0 N–H and O–H groups in total. The highest BCUT2D eigenvalue weighted by atomic mass is 32.1. The van der Waals surface area contributed by atoms with E-state index in [-0.39, 0.29) is 0 Å². The number of pyridine rings is 1. The first-order valence-electron chi connectivity index (χ1n) is 17.8. The predicted octanol–water partition coefficient (Wildman–Crippen LogP) is 14.0. The van der Waals surface area contributed by atoms with Crippen LogP contribution in [0.2, 0.25) is 0 Å². The van der Waals surface area contributed by atoms with Gasteiger partial charge in [-0.05, 0) is 95.5 Å². The lowest BCUT2D eigenvalue weighted by atomic mass is 9.92. The van der Waals surface area contributed by atoms with Crippen molar-refractivity contribution in [1.82, 2.24) is 9.38 Å². The molecule has 240 valence electrons. The van der Waals surface area contributed by atoms with Crippen LogP contribution in [0.4, 0.5) is 0 Å². The quantitative estimate of drug-likeness (QED) is 0.167. The van der Waals surface area contributed by atoms with Gasteiger partial charge < -0.3 is 0 Å². The summed E-state index contributed by atoms with van der Waals surface area (Å²) < 4.78 is 4.90. The van der Waals surface area contributed by atoms with E-state index in [1.165, 1.54) is 90.7 Å². The highest BCUT2D eigenvalue weighted by molar-refractivity contribution is 7.26. The van der Waals surface area contributed by atoms with Crippen LogP contribution in [0.15, 0.2) is 170 Å². The van der Waals surface area contributed by atoms with Crippen molar-refractivity contribution in [1.29, 1.82) is 0 Å². The van der Waals surface area contributed by atoms with Crippen LogP contribution < -0.4 is 0 Å². The van der Waals surface area contributed by atoms with E-state index in [0.717, 1.165) is 22.4 Å². The molecule has 0 aliphatic rings. The molecular weight excluding hydrogens is 649 g/mol. The molecule has 3 aromatic heterocycles. The average molecular weight is 677 g/mol. The first-order chi connectivity index (χ1) is 25.8. The van der Waals surface area contributed by atoms with Gasteiger partial charge in [-0.1, -0.05) is 140 Å². The minimum atomic E-state index is 1.02. The average Bonchev–Trinajstić information content (AvgIpc) is 3.78. The molecule has 12 aromatic rings. The number of benzene rings is 9. The van der Waals surface area contributed by atoms with Crippen molar-refractivity contribution in [2.75, 3.05) is 0 Å². The second kappa shape index (κ2) is 10.5. The third-order valence-electron chi connectivity index (χ3n) is 11.1. The molecule has 0 saturated carbocycles. The fourth-order valence-corrected chi connectivity index (χ4v) is 9.84. The predicted molar refractivity (Wildman–Crippen MR) is 224 cm³/mol. The summed E-state index contributed by atoms with van der Waals surface area (Å²) in [7, 11) is 0. The minimum Gasteiger partial charge on any atom is -0.291 e. The molecule has 0 radical (unpaired) electrons. The molecule has 0 bridgehead atoms. The van der Waals surface area contributed by atoms with E-state index in [0.29, 0.717) is 0 Å². The Labute approximate surface area is 302 Å². The second-order valence-corrected chi connectivity index (χ2v) is 15.0. The van der Waals surface area contributed by atoms with Crippen LogP contribution >= 0.6 is 11.3 Å². The minimum absolute atomic E-state index is 1.02. The largest absolute Gasteiger partial charge is 0.291 e. The van der Waals surface area contributed by atoms with E-state index in [1.54, 1.807) is 0 Å². The van der Waals surface area contributed by atoms with Crippen LogP contribution in [0.1, 0.15) is 0 Å². The molecule has 0 unspecified atom stereocenters. The van der Waals surface area contributed by atoms with Crippen LogP contribution in [0, 0.1) is 0 Å². The van der Waals surface area contributed by atoms with Crippen LogP contribution in [0.25, 0.3) is 113 Å². The second-order valence-electron chi connectivity index (χ2n) is 13.9. The Morgan fingerprint density at radius 3 is 1.69 bits per heavy atom. The van der Waals surface area contributed by atoms with Crippen LogP contribution in [0.3, 0.4) is 0 Å². The maximum Gasteiger partial charge on any atom is 0.156 e. The van der Waals surface area contributed by atoms with Gasteiger partial charge in [-0.25, -0.2) is 4.98 Å². The molecule has 3 heteroatoms. The van der Waals surface area contributed by atoms with Crippen molar-refractivity contribution in [3.8, 4) is 22.4 Å². The zero-order valence-electron chi connectivity index (χ0n) is 28.0. The molecule has 2 nitrogen and oxygen atoms in total. The maximum absolute atomic E-state index is 5.44. The van der Waals surface area contributed by atoms with Gasteiger partial charge in [-0.3, -0.25) is 4.40 Å². The summed E-state index contributed by atoms with van der Waals surface area (Å²) in [4.78, 5) is 5.44. The smallest absolute Gasteiger partial charge is 0.156 e. The number of nitrogens with zero attached hydrogens (tertiary/aromatic N) is 2. The van der Waals surface area contributed by atoms with Crippen molar-refractivity contribution >= 4 is 102 Å². The van der Waals surface area contributed by atoms with Gasteiger partial charge in [-0.15, -0.1) is 11.3 Å². The molecular formula is C49H28N2S. The summed E-state index contributed by atoms with van der Waals surface area (Å²) in [6, 6.07) is 62.5. The van der Waals surface area contributed by atoms with Crippen LogP contribution in [0.5, 0.6) is 0 Å². The highest BCUT2D eigenvalue weighted by Crippen LogP contribution is 2.43. The molecule has 52 heavy (non-hydrogen) atoms. The third-order valence-corrected chi connectivity index (χ3v) is 12.3. The van der Waals surface area contributed by atoms with Crippen molar-refractivity contribution < 1.29 is 0 Å². The Hall–Kier alpha value is -6.55. The molecule has 0 spiro atoms. The zero-order valence-corrected chi connectivity index (χ0v) is 28.8. The van der Waals surface area contributed by atoms with Crippen molar-refractivity contribution in [2.45, 2.75) is 0 Å². The topological polar surface area (TPSA) is 17.3 Å². The van der Waals surface area contributed by atoms with Gasteiger partial charge in [0.15, 0.2) is 5.65 Å². The number of rotatable bonds is 2. The number of hydrogen-bond acceptors (Lipinski definition) is 2. The molecule has 9 aromatic carbocycles. The Morgan fingerprint density at radius 1 is 0.385 bits per heavy atom. The number of hydrogen-bond donors (Lipinski definition) is 0. The summed E-state index contributed by atoms with van der Waals surface area (Å²) in [6.45, 7) is 0. The van der Waals surface area contributed by atoms with Crippen molar-refractivity contribution in [2.24, 2.45) is 0 Å². The molecule has 0 fully saturated rings. The summed E-state index contributed by atoms with van der Waals surface area (Å²) in [5, 5.41) is 15.2. The molecule has 0 atom stereocenters. The SMILES string of the molecule is c1ccc2cc3c(cc2c1)sc1c3cc(-c2ccc(-c3ccc4c5ccccc5c5ccccc5c4c3)cc2)n2c3ccc4ccccc4c3nc12. The lowest BCUT2D eigenvalue weighted by Crippen LogP contribution is -1.93. The van der Waals surface area contributed by atoms with E-state index < -0.39 is 0 Å². The first kappa shape index (κ1) is 28.2. The van der Waals surface area contributed by atoms with E-state index in [4.69, 9.17) is 4.98 Å². The van der Waals surface area contributed by atoms with E-state index in [9.17, 15) is 0 Å². The number of imidazole rings is 1. The van der Waals surface area contributed by atoms with Crippen molar-refractivity contribution in [3.63, 3.8) is 0 Å². The molecule has 0 aliphatic carbocycles. The molecule has 0 aliphatic heterocycles. The van der Waals surface area contributed by atoms with E-state index in [1.807, 2.05) is 11.3 Å². The van der Waals surface area contributed by atoms with E-state index in [2.05, 4.69) is 174 Å².